The van der Waals surface area contributed by atoms with Crippen molar-refractivity contribution in [2.75, 3.05) is 6.54 Å². The number of hydrogen-bond donors (Lipinski definition) is 1. The smallest absolute Gasteiger partial charge is 0.0285 e. The van der Waals surface area contributed by atoms with Gasteiger partial charge < -0.3 is 5.32 Å². The second kappa shape index (κ2) is 7.55. The van der Waals surface area contributed by atoms with Gasteiger partial charge in [-0.05, 0) is 60.1 Å². The van der Waals surface area contributed by atoms with Gasteiger partial charge in [-0.15, -0.1) is 11.3 Å². The Morgan fingerprint density at radius 1 is 1.35 bits per heavy atom. The molecule has 1 aromatic rings. The molecule has 0 saturated heterocycles. The number of nitrogens with one attached hydrogen (secondary N) is 1. The molecule has 1 rings (SSSR count). The molecule has 2 atom stereocenters. The van der Waals surface area contributed by atoms with Crippen molar-refractivity contribution in [1.82, 2.24) is 5.32 Å². The third kappa shape index (κ3) is 5.11. The molecule has 0 aromatic carbocycles. The van der Waals surface area contributed by atoms with E-state index < -0.39 is 0 Å². The molecule has 1 heterocycles. The molecule has 3 heteroatoms. The molecule has 0 amide bonds. The maximum absolute atomic E-state index is 3.63. The quantitative estimate of drug-likeness (QED) is 0.767. The summed E-state index contributed by atoms with van der Waals surface area (Å²) in [7, 11) is 0. The van der Waals surface area contributed by atoms with Gasteiger partial charge in [0.15, 0.2) is 0 Å². The van der Waals surface area contributed by atoms with Gasteiger partial charge in [-0.2, -0.15) is 0 Å². The van der Waals surface area contributed by atoms with Crippen LogP contribution in [0, 0.1) is 11.8 Å². The summed E-state index contributed by atoms with van der Waals surface area (Å²) >= 11 is 5.39. The average molecular weight is 318 g/mol. The van der Waals surface area contributed by atoms with E-state index in [0.29, 0.717) is 12.0 Å². The van der Waals surface area contributed by atoms with Gasteiger partial charge in [-0.3, -0.25) is 0 Å². The van der Waals surface area contributed by atoms with Crippen LogP contribution in [0.5, 0.6) is 0 Å². The van der Waals surface area contributed by atoms with E-state index in [1.165, 1.54) is 22.2 Å². The zero-order valence-electron chi connectivity index (χ0n) is 11.3. The largest absolute Gasteiger partial charge is 0.314 e. The molecule has 2 unspecified atom stereocenters. The Bertz CT molecular complexity index is 322. The van der Waals surface area contributed by atoms with Gasteiger partial charge in [0, 0.05) is 20.8 Å². The standard InChI is InChI=1S/C14H24BrNS/c1-5-6-16-11(4)14(10(2)3)8-13-7-12(15)9-17-13/h7,9-11,14,16H,5-6,8H2,1-4H3. The van der Waals surface area contributed by atoms with Gasteiger partial charge in [0.2, 0.25) is 0 Å². The Balaban J connectivity index is 2.59. The number of halogens is 1. The summed E-state index contributed by atoms with van der Waals surface area (Å²) < 4.78 is 1.22. The van der Waals surface area contributed by atoms with Crippen molar-refractivity contribution >= 4 is 27.3 Å². The predicted molar refractivity (Wildman–Crippen MR) is 81.8 cm³/mol. The lowest BCUT2D eigenvalue weighted by atomic mass is 9.86. The van der Waals surface area contributed by atoms with Crippen molar-refractivity contribution in [3.05, 3.63) is 20.8 Å². The van der Waals surface area contributed by atoms with Crippen LogP contribution in [-0.2, 0) is 6.42 Å². The summed E-state index contributed by atoms with van der Waals surface area (Å²) in [4.78, 5) is 1.49. The highest BCUT2D eigenvalue weighted by Gasteiger charge is 2.21. The molecule has 0 aliphatic heterocycles. The molecule has 0 aliphatic rings. The second-order valence-corrected chi connectivity index (χ2v) is 7.00. The Hall–Kier alpha value is 0.140. The first-order valence-electron chi connectivity index (χ1n) is 6.50. The van der Waals surface area contributed by atoms with Gasteiger partial charge in [-0.1, -0.05) is 20.8 Å². The minimum Gasteiger partial charge on any atom is -0.314 e. The Labute approximate surface area is 118 Å². The molecule has 0 spiro atoms. The van der Waals surface area contributed by atoms with Crippen molar-refractivity contribution in [2.24, 2.45) is 11.8 Å². The van der Waals surface area contributed by atoms with E-state index in [1.807, 2.05) is 11.3 Å². The lowest BCUT2D eigenvalue weighted by molar-refractivity contribution is 0.290. The maximum atomic E-state index is 3.63. The highest BCUT2D eigenvalue weighted by Crippen LogP contribution is 2.27. The number of hydrogen-bond acceptors (Lipinski definition) is 2. The van der Waals surface area contributed by atoms with Crippen molar-refractivity contribution in [3.8, 4) is 0 Å². The summed E-state index contributed by atoms with van der Waals surface area (Å²) in [6.07, 6.45) is 2.39. The van der Waals surface area contributed by atoms with Crippen molar-refractivity contribution < 1.29 is 0 Å². The molecular formula is C14H24BrNS. The zero-order valence-corrected chi connectivity index (χ0v) is 13.7. The molecule has 0 radical (unpaired) electrons. The third-order valence-electron chi connectivity index (χ3n) is 3.27. The van der Waals surface area contributed by atoms with E-state index in [-0.39, 0.29) is 0 Å². The Morgan fingerprint density at radius 2 is 2.06 bits per heavy atom. The summed E-state index contributed by atoms with van der Waals surface area (Å²) in [5.74, 6) is 1.43. The lowest BCUT2D eigenvalue weighted by Gasteiger charge is -2.28. The molecular weight excluding hydrogens is 294 g/mol. The molecule has 1 N–H and O–H groups in total. The highest BCUT2D eigenvalue weighted by molar-refractivity contribution is 9.10. The highest BCUT2D eigenvalue weighted by atomic mass is 79.9. The van der Waals surface area contributed by atoms with Crippen molar-refractivity contribution in [1.29, 1.82) is 0 Å². The van der Waals surface area contributed by atoms with Gasteiger partial charge in [0.25, 0.3) is 0 Å². The molecule has 0 bridgehead atoms. The fourth-order valence-corrected chi connectivity index (χ4v) is 3.73. The molecule has 1 nitrogen and oxygen atoms in total. The van der Waals surface area contributed by atoms with Gasteiger partial charge in [0.05, 0.1) is 0 Å². The summed E-state index contributed by atoms with van der Waals surface area (Å²) in [5.41, 5.74) is 0. The summed E-state index contributed by atoms with van der Waals surface area (Å²) in [6, 6.07) is 2.85. The van der Waals surface area contributed by atoms with E-state index in [9.17, 15) is 0 Å². The summed E-state index contributed by atoms with van der Waals surface area (Å²) in [5, 5.41) is 5.81. The van der Waals surface area contributed by atoms with Crippen LogP contribution in [0.1, 0.15) is 39.0 Å². The van der Waals surface area contributed by atoms with Gasteiger partial charge in [-0.25, -0.2) is 0 Å². The first-order chi connectivity index (χ1) is 8.04. The number of rotatable bonds is 7. The topological polar surface area (TPSA) is 12.0 Å². The zero-order chi connectivity index (χ0) is 12.8. The molecule has 1 aromatic heterocycles. The van der Waals surface area contributed by atoms with Crippen molar-refractivity contribution in [3.63, 3.8) is 0 Å². The van der Waals surface area contributed by atoms with E-state index in [0.717, 1.165) is 12.5 Å². The van der Waals surface area contributed by atoms with Crippen LogP contribution in [0.3, 0.4) is 0 Å². The minimum absolute atomic E-state index is 0.593. The molecule has 17 heavy (non-hydrogen) atoms. The predicted octanol–water partition coefficient (Wildman–Crippen LogP) is 4.71. The monoisotopic (exact) mass is 317 g/mol. The van der Waals surface area contributed by atoms with E-state index in [4.69, 9.17) is 0 Å². The lowest BCUT2D eigenvalue weighted by Crippen LogP contribution is -2.37. The number of thiophene rings is 1. The fourth-order valence-electron chi connectivity index (χ4n) is 2.21. The Morgan fingerprint density at radius 3 is 2.53 bits per heavy atom. The first-order valence-corrected chi connectivity index (χ1v) is 8.18. The van der Waals surface area contributed by atoms with Crippen LogP contribution in [-0.4, -0.2) is 12.6 Å². The van der Waals surface area contributed by atoms with Crippen LogP contribution in [0.25, 0.3) is 0 Å². The third-order valence-corrected chi connectivity index (χ3v) is 4.99. The van der Waals surface area contributed by atoms with E-state index in [1.54, 1.807) is 0 Å². The minimum atomic E-state index is 0.593. The van der Waals surface area contributed by atoms with Crippen LogP contribution in [0.2, 0.25) is 0 Å². The van der Waals surface area contributed by atoms with Crippen molar-refractivity contribution in [2.45, 2.75) is 46.6 Å². The van der Waals surface area contributed by atoms with E-state index >= 15 is 0 Å². The first kappa shape index (κ1) is 15.2. The molecule has 0 saturated carbocycles. The van der Waals surface area contributed by atoms with Gasteiger partial charge in [0.1, 0.15) is 0 Å². The molecule has 0 aliphatic carbocycles. The van der Waals surface area contributed by atoms with Gasteiger partial charge >= 0.3 is 0 Å². The van der Waals surface area contributed by atoms with Crippen LogP contribution in [0.15, 0.2) is 15.9 Å². The second-order valence-electron chi connectivity index (χ2n) is 5.09. The van der Waals surface area contributed by atoms with Crippen LogP contribution < -0.4 is 5.32 Å². The molecule has 98 valence electrons. The van der Waals surface area contributed by atoms with Crippen LogP contribution >= 0.6 is 27.3 Å². The SMILES string of the molecule is CCCNC(C)C(Cc1cc(Br)cs1)C(C)C. The fraction of sp³-hybridized carbons (Fsp3) is 0.714. The maximum Gasteiger partial charge on any atom is 0.0285 e. The van der Waals surface area contributed by atoms with E-state index in [2.05, 4.69) is 60.4 Å². The van der Waals surface area contributed by atoms with Crippen LogP contribution in [0.4, 0.5) is 0 Å². The summed E-state index contributed by atoms with van der Waals surface area (Å²) in [6.45, 7) is 10.3. The normalized spacial score (nSPS) is 15.2. The Kier molecular flexibility index (Phi) is 6.75. The average Bonchev–Trinajstić information content (AvgIpc) is 2.68. The molecule has 0 fully saturated rings.